The van der Waals surface area contributed by atoms with Crippen molar-refractivity contribution in [3.63, 3.8) is 0 Å². The number of hydrogen-bond acceptors (Lipinski definition) is 3. The summed E-state index contributed by atoms with van der Waals surface area (Å²) in [6.45, 7) is 1.69. The lowest BCUT2D eigenvalue weighted by Crippen LogP contribution is -2.25. The number of benzene rings is 1. The molecule has 3 rings (SSSR count). The Balaban J connectivity index is 1.49. The van der Waals surface area contributed by atoms with Gasteiger partial charge in [0.1, 0.15) is 12.4 Å². The zero-order valence-electron chi connectivity index (χ0n) is 12.6. The molecule has 3 nitrogen and oxygen atoms in total. The van der Waals surface area contributed by atoms with Gasteiger partial charge in [0.05, 0.1) is 0 Å². The summed E-state index contributed by atoms with van der Waals surface area (Å²) in [7, 11) is 4.12. The van der Waals surface area contributed by atoms with Crippen LogP contribution >= 0.6 is 0 Å². The Morgan fingerprint density at radius 3 is 2.55 bits per heavy atom. The van der Waals surface area contributed by atoms with Crippen molar-refractivity contribution in [3.05, 3.63) is 24.3 Å². The Morgan fingerprint density at radius 2 is 1.95 bits per heavy atom. The highest BCUT2D eigenvalue weighted by atomic mass is 16.5. The van der Waals surface area contributed by atoms with Gasteiger partial charge in [-0.15, -0.1) is 0 Å². The Hall–Kier alpha value is -1.22. The quantitative estimate of drug-likeness (QED) is 0.862. The van der Waals surface area contributed by atoms with Gasteiger partial charge in [-0.3, -0.25) is 0 Å². The van der Waals surface area contributed by atoms with E-state index in [0.717, 1.165) is 30.7 Å². The van der Waals surface area contributed by atoms with Crippen LogP contribution in [-0.4, -0.2) is 38.2 Å². The van der Waals surface area contributed by atoms with E-state index in [1.807, 2.05) is 0 Å². The van der Waals surface area contributed by atoms with Crippen LogP contribution < -0.4 is 10.1 Å². The van der Waals surface area contributed by atoms with Crippen LogP contribution in [0.25, 0.3) is 0 Å². The number of hydrogen-bond donors (Lipinski definition) is 1. The van der Waals surface area contributed by atoms with Crippen LogP contribution in [0.3, 0.4) is 0 Å². The van der Waals surface area contributed by atoms with Gasteiger partial charge in [0.15, 0.2) is 0 Å². The molecule has 1 N–H and O–H groups in total. The molecule has 0 aromatic heterocycles. The molecule has 0 heterocycles. The maximum atomic E-state index is 5.72. The lowest BCUT2D eigenvalue weighted by atomic mass is 9.95. The number of nitrogens with one attached hydrogen (secondary N) is 1. The number of fused-ring (bicyclic) bond motifs is 2. The average molecular weight is 274 g/mol. The topological polar surface area (TPSA) is 24.5 Å². The van der Waals surface area contributed by atoms with Crippen LogP contribution in [0.2, 0.25) is 0 Å². The van der Waals surface area contributed by atoms with Crippen molar-refractivity contribution in [2.45, 2.75) is 31.7 Å². The predicted molar refractivity (Wildman–Crippen MR) is 83.3 cm³/mol. The molecule has 3 unspecified atom stereocenters. The van der Waals surface area contributed by atoms with E-state index in [4.69, 9.17) is 4.74 Å². The Bertz CT molecular complexity index is 429. The second-order valence-corrected chi connectivity index (χ2v) is 6.60. The standard InChI is InChI=1S/C17H26N2O/c1-19(2)9-10-20-16-7-5-15(6-8-16)18-17-12-13-3-4-14(17)11-13/h5-8,13-14,17-18H,3-4,9-12H2,1-2H3. The van der Waals surface area contributed by atoms with E-state index in [2.05, 4.69) is 48.6 Å². The van der Waals surface area contributed by atoms with Gasteiger partial charge in [0, 0.05) is 18.3 Å². The number of nitrogens with zero attached hydrogens (tertiary/aromatic N) is 1. The second-order valence-electron chi connectivity index (χ2n) is 6.60. The largest absolute Gasteiger partial charge is 0.492 e. The Morgan fingerprint density at radius 1 is 1.15 bits per heavy atom. The fourth-order valence-corrected chi connectivity index (χ4v) is 3.63. The summed E-state index contributed by atoms with van der Waals surface area (Å²) >= 11 is 0. The lowest BCUT2D eigenvalue weighted by Gasteiger charge is -2.24. The number of rotatable bonds is 6. The molecule has 20 heavy (non-hydrogen) atoms. The first kappa shape index (κ1) is 13.7. The highest BCUT2D eigenvalue weighted by molar-refractivity contribution is 5.47. The summed E-state index contributed by atoms with van der Waals surface area (Å²) < 4.78 is 5.72. The molecule has 2 aliphatic carbocycles. The van der Waals surface area contributed by atoms with Gasteiger partial charge in [0.2, 0.25) is 0 Å². The van der Waals surface area contributed by atoms with Crippen LogP contribution in [0.5, 0.6) is 5.75 Å². The van der Waals surface area contributed by atoms with Gasteiger partial charge in [0.25, 0.3) is 0 Å². The van der Waals surface area contributed by atoms with Crippen molar-refractivity contribution in [2.75, 3.05) is 32.6 Å². The lowest BCUT2D eigenvalue weighted by molar-refractivity contribution is 0.261. The van der Waals surface area contributed by atoms with Crippen molar-refractivity contribution in [1.82, 2.24) is 4.90 Å². The molecule has 1 aromatic rings. The molecule has 0 spiro atoms. The maximum absolute atomic E-state index is 5.72. The van der Waals surface area contributed by atoms with Gasteiger partial charge < -0.3 is 15.0 Å². The molecule has 3 heteroatoms. The molecule has 2 saturated carbocycles. The van der Waals surface area contributed by atoms with Crippen LogP contribution in [0.1, 0.15) is 25.7 Å². The van der Waals surface area contributed by atoms with Gasteiger partial charge in [-0.25, -0.2) is 0 Å². The molecule has 2 aliphatic rings. The highest BCUT2D eigenvalue weighted by Gasteiger charge is 2.39. The van der Waals surface area contributed by atoms with Crippen molar-refractivity contribution in [1.29, 1.82) is 0 Å². The van der Waals surface area contributed by atoms with Crippen molar-refractivity contribution in [3.8, 4) is 5.75 Å². The van der Waals surface area contributed by atoms with Gasteiger partial charge >= 0.3 is 0 Å². The van der Waals surface area contributed by atoms with E-state index in [1.165, 1.54) is 31.4 Å². The molecule has 2 fully saturated rings. The molecule has 0 aliphatic heterocycles. The van der Waals surface area contributed by atoms with E-state index in [1.54, 1.807) is 0 Å². The summed E-state index contributed by atoms with van der Waals surface area (Å²) in [5.74, 6) is 2.87. The molecule has 2 bridgehead atoms. The third kappa shape index (κ3) is 3.26. The molecule has 110 valence electrons. The van der Waals surface area contributed by atoms with E-state index in [9.17, 15) is 0 Å². The van der Waals surface area contributed by atoms with E-state index in [0.29, 0.717) is 6.04 Å². The first-order valence-electron chi connectivity index (χ1n) is 7.85. The fraction of sp³-hybridized carbons (Fsp3) is 0.647. The minimum Gasteiger partial charge on any atom is -0.492 e. The zero-order valence-corrected chi connectivity index (χ0v) is 12.6. The number of anilines is 1. The molecule has 0 amide bonds. The van der Waals surface area contributed by atoms with E-state index >= 15 is 0 Å². The van der Waals surface area contributed by atoms with Crippen LogP contribution in [0.4, 0.5) is 5.69 Å². The maximum Gasteiger partial charge on any atom is 0.119 e. The third-order valence-corrected chi connectivity index (χ3v) is 4.75. The Kier molecular flexibility index (Phi) is 4.16. The van der Waals surface area contributed by atoms with Crippen LogP contribution in [0.15, 0.2) is 24.3 Å². The summed E-state index contributed by atoms with van der Waals surface area (Å²) in [6.07, 6.45) is 5.70. The summed E-state index contributed by atoms with van der Waals surface area (Å²) in [6, 6.07) is 9.15. The predicted octanol–water partition coefficient (Wildman–Crippen LogP) is 3.23. The first-order valence-corrected chi connectivity index (χ1v) is 7.85. The molecule has 1 aromatic carbocycles. The summed E-state index contributed by atoms with van der Waals surface area (Å²) in [5.41, 5.74) is 1.24. The zero-order chi connectivity index (χ0) is 13.9. The fourth-order valence-electron chi connectivity index (χ4n) is 3.63. The Labute approximate surface area is 122 Å². The summed E-state index contributed by atoms with van der Waals surface area (Å²) in [4.78, 5) is 2.13. The normalized spacial score (nSPS) is 28.1. The minimum atomic E-state index is 0.703. The smallest absolute Gasteiger partial charge is 0.119 e. The van der Waals surface area contributed by atoms with E-state index < -0.39 is 0 Å². The highest BCUT2D eigenvalue weighted by Crippen LogP contribution is 2.45. The molecule has 3 atom stereocenters. The van der Waals surface area contributed by atoms with Crippen LogP contribution in [-0.2, 0) is 0 Å². The number of ether oxygens (including phenoxy) is 1. The van der Waals surface area contributed by atoms with Crippen molar-refractivity contribution >= 4 is 5.69 Å². The molecule has 0 radical (unpaired) electrons. The van der Waals surface area contributed by atoms with Crippen LogP contribution in [0, 0.1) is 11.8 Å². The molecule has 0 saturated heterocycles. The second kappa shape index (κ2) is 6.04. The monoisotopic (exact) mass is 274 g/mol. The number of likely N-dealkylation sites (N-methyl/N-ethyl adjacent to an activating group) is 1. The molecular formula is C17H26N2O. The molecular weight excluding hydrogens is 248 g/mol. The van der Waals surface area contributed by atoms with Crippen molar-refractivity contribution < 1.29 is 4.74 Å². The van der Waals surface area contributed by atoms with Crippen molar-refractivity contribution in [2.24, 2.45) is 11.8 Å². The summed E-state index contributed by atoms with van der Waals surface area (Å²) in [5, 5.41) is 3.71. The van der Waals surface area contributed by atoms with Gasteiger partial charge in [-0.05, 0) is 69.5 Å². The third-order valence-electron chi connectivity index (χ3n) is 4.75. The van der Waals surface area contributed by atoms with E-state index in [-0.39, 0.29) is 0 Å². The minimum absolute atomic E-state index is 0.703. The van der Waals surface area contributed by atoms with Gasteiger partial charge in [-0.2, -0.15) is 0 Å². The first-order chi connectivity index (χ1) is 9.70. The SMILES string of the molecule is CN(C)CCOc1ccc(NC2CC3CCC2C3)cc1. The van der Waals surface area contributed by atoms with Gasteiger partial charge in [-0.1, -0.05) is 6.42 Å². The average Bonchev–Trinajstić information content (AvgIpc) is 3.03.